The van der Waals surface area contributed by atoms with Crippen molar-refractivity contribution < 1.29 is 14.0 Å². The number of hydrogen-bond donors (Lipinski definition) is 1. The molecule has 4 heterocycles. The Kier molecular flexibility index (Phi) is 5.44. The molecule has 3 aromatic heterocycles. The predicted octanol–water partition coefficient (Wildman–Crippen LogP) is 3.49. The molecule has 0 saturated carbocycles. The Morgan fingerprint density at radius 3 is 2.69 bits per heavy atom. The number of likely N-dealkylation sites (tertiary alicyclic amines) is 1. The molecule has 1 amide bonds. The normalized spacial score (nSPS) is 13.7. The number of fused-ring (bicyclic) bond motifs is 1. The Hall–Kier alpha value is -3.53. The fraction of sp³-hybridized carbons (Fsp3) is 0.227. The van der Waals surface area contributed by atoms with E-state index in [-0.39, 0.29) is 23.3 Å². The van der Waals surface area contributed by atoms with Crippen LogP contribution in [0.3, 0.4) is 0 Å². The lowest BCUT2D eigenvalue weighted by Crippen LogP contribution is -2.27. The van der Waals surface area contributed by atoms with E-state index < -0.39 is 0 Å². The number of hydrogen-bond acceptors (Lipinski definition) is 6. The lowest BCUT2D eigenvalue weighted by atomic mass is 10.2. The third kappa shape index (κ3) is 3.89. The number of carbonyl (C=O) groups is 2. The molecule has 1 aromatic carbocycles. The molecule has 1 fully saturated rings. The Bertz CT molecular complexity index is 1290. The number of thioether (sulfide) groups is 1. The Morgan fingerprint density at radius 2 is 1.91 bits per heavy atom. The number of aromatic amines is 1. The van der Waals surface area contributed by atoms with Crippen LogP contribution in [0.15, 0.2) is 54.1 Å². The number of halogens is 1. The van der Waals surface area contributed by atoms with Crippen LogP contribution in [-0.4, -0.2) is 60.2 Å². The molecule has 1 aliphatic rings. The van der Waals surface area contributed by atoms with Crippen molar-refractivity contribution in [1.29, 1.82) is 0 Å². The van der Waals surface area contributed by atoms with Crippen LogP contribution in [0.25, 0.3) is 16.7 Å². The summed E-state index contributed by atoms with van der Waals surface area (Å²) in [5.74, 6) is -0.350. The van der Waals surface area contributed by atoms with Gasteiger partial charge in [-0.05, 0) is 43.2 Å². The molecule has 4 aromatic rings. The molecule has 8 nitrogen and oxygen atoms in total. The quantitative estimate of drug-likeness (QED) is 0.274. The number of rotatable bonds is 6. The van der Waals surface area contributed by atoms with Crippen molar-refractivity contribution in [1.82, 2.24) is 29.6 Å². The van der Waals surface area contributed by atoms with Crippen LogP contribution >= 0.6 is 11.8 Å². The summed E-state index contributed by atoms with van der Waals surface area (Å²) in [5.41, 5.74) is 2.15. The van der Waals surface area contributed by atoms with Crippen LogP contribution in [0.5, 0.6) is 0 Å². The van der Waals surface area contributed by atoms with Gasteiger partial charge in [0, 0.05) is 24.8 Å². The van der Waals surface area contributed by atoms with E-state index in [1.54, 1.807) is 40.2 Å². The van der Waals surface area contributed by atoms with Gasteiger partial charge in [0.25, 0.3) is 5.91 Å². The van der Waals surface area contributed by atoms with Gasteiger partial charge in [-0.1, -0.05) is 11.8 Å². The zero-order valence-electron chi connectivity index (χ0n) is 17.0. The first-order chi connectivity index (χ1) is 15.6. The predicted molar refractivity (Wildman–Crippen MR) is 118 cm³/mol. The van der Waals surface area contributed by atoms with Gasteiger partial charge in [0.05, 0.1) is 23.0 Å². The van der Waals surface area contributed by atoms with Crippen molar-refractivity contribution in [2.45, 2.75) is 17.9 Å². The summed E-state index contributed by atoms with van der Waals surface area (Å²) in [6, 6.07) is 7.57. The first-order valence-electron chi connectivity index (χ1n) is 10.2. The van der Waals surface area contributed by atoms with Crippen LogP contribution < -0.4 is 0 Å². The number of ketones is 1. The maximum Gasteiger partial charge on any atom is 0.270 e. The minimum absolute atomic E-state index is 0.0695. The molecule has 0 spiro atoms. The molecular weight excluding hydrogens is 431 g/mol. The zero-order valence-corrected chi connectivity index (χ0v) is 17.8. The Balaban J connectivity index is 1.31. The molecule has 10 heteroatoms. The third-order valence-corrected chi connectivity index (χ3v) is 6.37. The van der Waals surface area contributed by atoms with Crippen LogP contribution in [0.2, 0.25) is 0 Å². The Morgan fingerprint density at radius 1 is 1.12 bits per heavy atom. The number of nitrogens with one attached hydrogen (secondary N) is 1. The fourth-order valence-electron chi connectivity index (χ4n) is 3.70. The van der Waals surface area contributed by atoms with E-state index in [0.29, 0.717) is 33.0 Å². The van der Waals surface area contributed by atoms with Crippen molar-refractivity contribution in [2.75, 3.05) is 18.8 Å². The minimum Gasteiger partial charge on any atom is -0.356 e. The summed E-state index contributed by atoms with van der Waals surface area (Å²) >= 11 is 1.28. The smallest absolute Gasteiger partial charge is 0.270 e. The van der Waals surface area contributed by atoms with E-state index >= 15 is 0 Å². The number of carbonyl (C=O) groups excluding carboxylic acids is 2. The second-order valence-electron chi connectivity index (χ2n) is 7.46. The number of H-pyrrole nitrogens is 1. The second-order valence-corrected chi connectivity index (χ2v) is 8.43. The van der Waals surface area contributed by atoms with E-state index in [1.807, 2.05) is 0 Å². The topological polar surface area (TPSA) is 96.8 Å². The number of amides is 1. The highest BCUT2D eigenvalue weighted by molar-refractivity contribution is 8.00. The van der Waals surface area contributed by atoms with Gasteiger partial charge >= 0.3 is 0 Å². The summed E-state index contributed by atoms with van der Waals surface area (Å²) in [4.78, 5) is 38.5. The number of nitrogens with zero attached hydrogens (tertiary/aromatic N) is 5. The Labute approximate surface area is 186 Å². The zero-order chi connectivity index (χ0) is 22.1. The van der Waals surface area contributed by atoms with Crippen LogP contribution in [0.4, 0.5) is 4.39 Å². The van der Waals surface area contributed by atoms with Gasteiger partial charge < -0.3 is 9.88 Å². The molecule has 0 bridgehead atoms. The van der Waals surface area contributed by atoms with Crippen LogP contribution in [-0.2, 0) is 0 Å². The molecule has 1 N–H and O–H groups in total. The first kappa shape index (κ1) is 20.4. The van der Waals surface area contributed by atoms with Gasteiger partial charge in [-0.3, -0.25) is 9.59 Å². The van der Waals surface area contributed by atoms with Gasteiger partial charge in [0.15, 0.2) is 11.4 Å². The highest BCUT2D eigenvalue weighted by Gasteiger charge is 2.22. The molecular formula is C22H19FN6O2S. The van der Waals surface area contributed by atoms with E-state index in [1.165, 1.54) is 30.2 Å². The lowest BCUT2D eigenvalue weighted by Gasteiger charge is -2.13. The van der Waals surface area contributed by atoms with Crippen molar-refractivity contribution >= 4 is 34.5 Å². The molecule has 32 heavy (non-hydrogen) atoms. The van der Waals surface area contributed by atoms with E-state index in [9.17, 15) is 14.0 Å². The van der Waals surface area contributed by atoms with Gasteiger partial charge in [-0.25, -0.2) is 19.0 Å². The molecule has 5 rings (SSSR count). The summed E-state index contributed by atoms with van der Waals surface area (Å²) in [6.45, 7) is 1.51. The van der Waals surface area contributed by atoms with Crippen LogP contribution in [0, 0.1) is 5.82 Å². The first-order valence-corrected chi connectivity index (χ1v) is 11.2. The molecule has 0 atom stereocenters. The fourth-order valence-corrected chi connectivity index (χ4v) is 4.55. The molecule has 1 aliphatic heterocycles. The van der Waals surface area contributed by atoms with E-state index in [4.69, 9.17) is 0 Å². The van der Waals surface area contributed by atoms with Crippen LogP contribution in [0.1, 0.15) is 33.7 Å². The maximum atomic E-state index is 13.2. The van der Waals surface area contributed by atoms with Gasteiger partial charge in [-0.15, -0.1) is 0 Å². The molecule has 162 valence electrons. The summed E-state index contributed by atoms with van der Waals surface area (Å²) < 4.78 is 14.8. The minimum atomic E-state index is -0.329. The standard InChI is InChI=1S/C22H19FN6O2S/c23-15-3-5-16(6-4-15)29-20-17(11-27-29)21(26-13-25-20)32-12-19(30)14-9-18(24-10-14)22(31)28-7-1-2-8-28/h3-6,9-11,13,24H,1-2,7-8,12H2. The maximum absolute atomic E-state index is 13.2. The van der Waals surface area contributed by atoms with Crippen molar-refractivity contribution in [3.8, 4) is 5.69 Å². The third-order valence-electron chi connectivity index (χ3n) is 5.37. The second kappa shape index (κ2) is 8.54. The summed E-state index contributed by atoms with van der Waals surface area (Å²) in [6.07, 6.45) is 6.66. The van der Waals surface area contributed by atoms with Crippen molar-refractivity contribution in [3.05, 3.63) is 66.1 Å². The van der Waals surface area contributed by atoms with Crippen molar-refractivity contribution in [2.24, 2.45) is 0 Å². The largest absolute Gasteiger partial charge is 0.356 e. The number of aromatic nitrogens is 5. The van der Waals surface area contributed by atoms with E-state index in [2.05, 4.69) is 20.1 Å². The summed E-state index contributed by atoms with van der Waals surface area (Å²) in [7, 11) is 0. The number of benzene rings is 1. The van der Waals surface area contributed by atoms with Crippen molar-refractivity contribution in [3.63, 3.8) is 0 Å². The summed E-state index contributed by atoms with van der Waals surface area (Å²) in [5, 5.41) is 5.68. The average molecular weight is 450 g/mol. The van der Waals surface area contributed by atoms with Gasteiger partial charge in [0.2, 0.25) is 0 Å². The highest BCUT2D eigenvalue weighted by atomic mass is 32.2. The molecule has 1 saturated heterocycles. The van der Waals surface area contributed by atoms with E-state index in [0.717, 1.165) is 25.9 Å². The monoisotopic (exact) mass is 450 g/mol. The molecule has 0 unspecified atom stereocenters. The highest BCUT2D eigenvalue weighted by Crippen LogP contribution is 2.26. The average Bonchev–Trinajstić information content (AvgIpc) is 3.58. The molecule has 0 radical (unpaired) electrons. The molecule has 0 aliphatic carbocycles. The SMILES string of the molecule is O=C(CSc1ncnc2c1cnn2-c1ccc(F)cc1)c1c[nH]c(C(=O)N2CCCC2)c1. The number of Topliss-reactive ketones (excluding diaryl/α,β-unsaturated/α-hetero) is 1. The lowest BCUT2D eigenvalue weighted by molar-refractivity contribution is 0.0787. The van der Waals surface area contributed by atoms with Gasteiger partial charge in [0.1, 0.15) is 22.9 Å². The van der Waals surface area contributed by atoms with Gasteiger partial charge in [-0.2, -0.15) is 5.10 Å².